The molecule has 1 unspecified atom stereocenters. The van der Waals surface area contributed by atoms with Crippen molar-refractivity contribution in [2.75, 3.05) is 11.9 Å². The molecule has 3 rings (SSSR count). The zero-order valence-electron chi connectivity index (χ0n) is 15.2. The molecule has 9 heteroatoms. The Labute approximate surface area is 168 Å². The van der Waals surface area contributed by atoms with Crippen LogP contribution in [0.2, 0.25) is 0 Å². The van der Waals surface area contributed by atoms with Crippen molar-refractivity contribution in [2.24, 2.45) is 0 Å². The van der Waals surface area contributed by atoms with Gasteiger partial charge in [-0.15, -0.1) is 11.3 Å². The molecular formula is C20H17F3N2O3S. The number of carbonyl (C=O) groups is 2. The maximum atomic E-state index is 12.7. The Hall–Kier alpha value is -2.91. The maximum absolute atomic E-state index is 12.7. The molecule has 0 spiro atoms. The fourth-order valence-corrected chi connectivity index (χ4v) is 3.73. The molecule has 0 bridgehead atoms. The van der Waals surface area contributed by atoms with Crippen LogP contribution in [0.25, 0.3) is 10.1 Å². The molecule has 0 fully saturated rings. The number of benzene rings is 2. The van der Waals surface area contributed by atoms with Crippen LogP contribution in [-0.4, -0.2) is 23.5 Å². The fourth-order valence-electron chi connectivity index (χ4n) is 2.63. The molecule has 0 saturated heterocycles. The van der Waals surface area contributed by atoms with Crippen molar-refractivity contribution < 1.29 is 27.9 Å². The predicted octanol–water partition coefficient (Wildman–Crippen LogP) is 3.88. The first-order chi connectivity index (χ1) is 13.6. The van der Waals surface area contributed by atoms with Crippen LogP contribution in [0.15, 0.2) is 54.6 Å². The second kappa shape index (κ2) is 7.84. The Morgan fingerprint density at radius 2 is 1.76 bits per heavy atom. The van der Waals surface area contributed by atoms with Gasteiger partial charge >= 0.3 is 18.0 Å². The molecule has 3 N–H and O–H groups in total. The van der Waals surface area contributed by atoms with Gasteiger partial charge in [-0.05, 0) is 42.6 Å². The van der Waals surface area contributed by atoms with Crippen molar-refractivity contribution in [1.82, 2.24) is 5.32 Å². The van der Waals surface area contributed by atoms with E-state index in [1.54, 1.807) is 6.07 Å². The van der Waals surface area contributed by atoms with Gasteiger partial charge in [0.1, 0.15) is 5.60 Å². The van der Waals surface area contributed by atoms with Crippen LogP contribution < -0.4 is 10.6 Å². The lowest BCUT2D eigenvalue weighted by Crippen LogP contribution is -2.43. The van der Waals surface area contributed by atoms with Gasteiger partial charge in [0.05, 0.1) is 12.1 Å². The lowest BCUT2D eigenvalue weighted by Gasteiger charge is -2.22. The lowest BCUT2D eigenvalue weighted by atomic mass is 10.0. The van der Waals surface area contributed by atoms with Crippen molar-refractivity contribution in [3.8, 4) is 0 Å². The number of nitrogens with one attached hydrogen (secondary N) is 2. The molecule has 2 aromatic carbocycles. The normalized spacial score (nSPS) is 13.7. The largest absolute Gasteiger partial charge is 0.416 e. The molecule has 152 valence electrons. The number of carbonyl (C=O) groups excluding carboxylic acids is 2. The molecule has 29 heavy (non-hydrogen) atoms. The summed E-state index contributed by atoms with van der Waals surface area (Å²) in [6.07, 6.45) is -4.56. The van der Waals surface area contributed by atoms with Crippen molar-refractivity contribution in [3.05, 3.63) is 65.0 Å². The minimum absolute atomic E-state index is 0.156. The number of halogens is 3. The highest BCUT2D eigenvalue weighted by Crippen LogP contribution is 2.33. The van der Waals surface area contributed by atoms with Crippen molar-refractivity contribution in [2.45, 2.75) is 18.7 Å². The summed E-state index contributed by atoms with van der Waals surface area (Å²) in [5.41, 5.74) is -2.52. The van der Waals surface area contributed by atoms with E-state index >= 15 is 0 Å². The SMILES string of the molecule is CC(O)(CNC(=O)C(=O)Nc1cccc(C(F)(F)F)c1)c1cc2ccccc2s1. The summed E-state index contributed by atoms with van der Waals surface area (Å²) < 4.78 is 39.2. The van der Waals surface area contributed by atoms with Crippen LogP contribution >= 0.6 is 11.3 Å². The Balaban J connectivity index is 1.63. The van der Waals surface area contributed by atoms with E-state index in [1.165, 1.54) is 24.3 Å². The van der Waals surface area contributed by atoms with E-state index in [0.717, 1.165) is 28.3 Å². The van der Waals surface area contributed by atoms with Gasteiger partial charge in [0.15, 0.2) is 0 Å². The molecule has 0 saturated carbocycles. The highest BCUT2D eigenvalue weighted by molar-refractivity contribution is 7.19. The summed E-state index contributed by atoms with van der Waals surface area (Å²) in [5.74, 6) is -2.19. The predicted molar refractivity (Wildman–Crippen MR) is 104 cm³/mol. The van der Waals surface area contributed by atoms with Gasteiger partial charge in [-0.3, -0.25) is 9.59 Å². The summed E-state index contributed by atoms with van der Waals surface area (Å²) in [7, 11) is 0. The van der Waals surface area contributed by atoms with Gasteiger partial charge in [-0.2, -0.15) is 13.2 Å². The Morgan fingerprint density at radius 3 is 2.45 bits per heavy atom. The quantitative estimate of drug-likeness (QED) is 0.559. The minimum atomic E-state index is -4.56. The molecule has 0 aliphatic heterocycles. The van der Waals surface area contributed by atoms with Gasteiger partial charge in [-0.25, -0.2) is 0 Å². The zero-order chi connectivity index (χ0) is 21.2. The van der Waals surface area contributed by atoms with Crippen LogP contribution in [0.5, 0.6) is 0 Å². The van der Waals surface area contributed by atoms with Crippen LogP contribution in [0.4, 0.5) is 18.9 Å². The first kappa shape index (κ1) is 20.8. The Kier molecular flexibility index (Phi) is 5.63. The number of hydrogen-bond donors (Lipinski definition) is 3. The molecule has 0 radical (unpaired) electrons. The summed E-state index contributed by atoms with van der Waals surface area (Å²) in [6.45, 7) is 1.26. The van der Waals surface area contributed by atoms with E-state index in [0.29, 0.717) is 4.88 Å². The van der Waals surface area contributed by atoms with E-state index in [4.69, 9.17) is 0 Å². The second-order valence-electron chi connectivity index (χ2n) is 6.64. The van der Waals surface area contributed by atoms with E-state index in [9.17, 15) is 27.9 Å². The van der Waals surface area contributed by atoms with Gasteiger partial charge in [0.25, 0.3) is 0 Å². The van der Waals surface area contributed by atoms with E-state index in [1.807, 2.05) is 24.3 Å². The van der Waals surface area contributed by atoms with E-state index in [-0.39, 0.29) is 12.2 Å². The average Bonchev–Trinajstić information content (AvgIpc) is 3.11. The molecule has 2 amide bonds. The zero-order valence-corrected chi connectivity index (χ0v) is 16.0. The molecule has 3 aromatic rings. The molecule has 1 heterocycles. The third-order valence-electron chi connectivity index (χ3n) is 4.20. The minimum Gasteiger partial charge on any atom is -0.383 e. The Bertz CT molecular complexity index is 1030. The van der Waals surface area contributed by atoms with Crippen LogP contribution in [0.1, 0.15) is 17.4 Å². The number of rotatable bonds is 4. The van der Waals surface area contributed by atoms with Crippen LogP contribution in [0.3, 0.4) is 0 Å². The molecule has 1 atom stereocenters. The summed E-state index contributed by atoms with van der Waals surface area (Å²) in [4.78, 5) is 24.6. The standard InChI is InChI=1S/C20H17F3N2O3S/c1-19(28,16-9-12-5-2-3-8-15(12)29-16)11-24-17(26)18(27)25-14-7-4-6-13(10-14)20(21,22)23/h2-10,28H,11H2,1H3,(H,24,26)(H,25,27). The Morgan fingerprint density at radius 1 is 1.03 bits per heavy atom. The summed E-state index contributed by atoms with van der Waals surface area (Å²) in [6, 6.07) is 13.3. The molecule has 0 aliphatic carbocycles. The van der Waals surface area contributed by atoms with E-state index in [2.05, 4.69) is 10.6 Å². The van der Waals surface area contributed by atoms with Gasteiger partial charge in [0.2, 0.25) is 0 Å². The van der Waals surface area contributed by atoms with Gasteiger partial charge < -0.3 is 15.7 Å². The number of alkyl halides is 3. The second-order valence-corrected chi connectivity index (χ2v) is 7.72. The topological polar surface area (TPSA) is 78.4 Å². The van der Waals surface area contributed by atoms with Crippen LogP contribution in [-0.2, 0) is 21.4 Å². The van der Waals surface area contributed by atoms with Gasteiger partial charge in [0, 0.05) is 15.3 Å². The molecular weight excluding hydrogens is 405 g/mol. The highest BCUT2D eigenvalue weighted by Gasteiger charge is 2.31. The number of anilines is 1. The first-order valence-corrected chi connectivity index (χ1v) is 9.36. The third-order valence-corrected chi connectivity index (χ3v) is 5.57. The van der Waals surface area contributed by atoms with Gasteiger partial charge in [-0.1, -0.05) is 24.3 Å². The number of fused-ring (bicyclic) bond motifs is 1. The average molecular weight is 422 g/mol. The van der Waals surface area contributed by atoms with E-state index < -0.39 is 29.2 Å². The monoisotopic (exact) mass is 422 g/mol. The van der Waals surface area contributed by atoms with Crippen molar-refractivity contribution >= 4 is 38.9 Å². The first-order valence-electron chi connectivity index (χ1n) is 8.54. The van der Waals surface area contributed by atoms with Crippen molar-refractivity contribution in [1.29, 1.82) is 0 Å². The number of aliphatic hydroxyl groups is 1. The third kappa shape index (κ3) is 4.93. The maximum Gasteiger partial charge on any atom is 0.416 e. The van der Waals surface area contributed by atoms with Crippen LogP contribution in [0, 0.1) is 0 Å². The molecule has 1 aromatic heterocycles. The number of thiophene rings is 1. The summed E-state index contributed by atoms with van der Waals surface area (Å²) >= 11 is 1.36. The molecule has 5 nitrogen and oxygen atoms in total. The van der Waals surface area contributed by atoms with Crippen molar-refractivity contribution in [3.63, 3.8) is 0 Å². The molecule has 0 aliphatic rings. The highest BCUT2D eigenvalue weighted by atomic mass is 32.1. The fraction of sp³-hybridized carbons (Fsp3) is 0.200. The number of amides is 2. The number of hydrogen-bond acceptors (Lipinski definition) is 4. The lowest BCUT2D eigenvalue weighted by molar-refractivity contribution is -0.137. The summed E-state index contributed by atoms with van der Waals surface area (Å²) in [5, 5.41) is 16.1. The smallest absolute Gasteiger partial charge is 0.383 e.